The van der Waals surface area contributed by atoms with Gasteiger partial charge < -0.3 is 14.6 Å². The number of carbonyl (C=O) groups is 1. The van der Waals surface area contributed by atoms with Crippen molar-refractivity contribution >= 4 is 16.9 Å². The predicted octanol–water partition coefficient (Wildman–Crippen LogP) is 5.33. The molecule has 1 aromatic heterocycles. The van der Waals surface area contributed by atoms with Crippen molar-refractivity contribution in [1.29, 1.82) is 0 Å². The standard InChI is InChI=1S/C24H21N3O2/c28-24(17-8-6-11-19(16-17)29-18-9-2-1-3-10-18)27-15-7-14-22(27)23-25-20-12-4-5-13-21(20)26-23/h1-6,8-13,16,22H,7,14-15H2,(H,25,26). The van der Waals surface area contributed by atoms with Crippen molar-refractivity contribution in [3.63, 3.8) is 0 Å². The van der Waals surface area contributed by atoms with E-state index < -0.39 is 0 Å². The first kappa shape index (κ1) is 17.5. The highest BCUT2D eigenvalue weighted by molar-refractivity contribution is 5.95. The molecule has 1 amide bonds. The van der Waals surface area contributed by atoms with Gasteiger partial charge in [-0.1, -0.05) is 36.4 Å². The van der Waals surface area contributed by atoms with Crippen molar-refractivity contribution in [2.75, 3.05) is 6.54 Å². The molecule has 0 aliphatic carbocycles. The zero-order valence-corrected chi connectivity index (χ0v) is 15.9. The molecule has 0 bridgehead atoms. The van der Waals surface area contributed by atoms with Gasteiger partial charge in [0.1, 0.15) is 17.3 Å². The molecule has 1 unspecified atom stereocenters. The molecule has 5 nitrogen and oxygen atoms in total. The van der Waals surface area contributed by atoms with Crippen LogP contribution >= 0.6 is 0 Å². The Morgan fingerprint density at radius 1 is 0.966 bits per heavy atom. The minimum Gasteiger partial charge on any atom is -0.457 e. The number of ether oxygens (including phenoxy) is 1. The summed E-state index contributed by atoms with van der Waals surface area (Å²) in [5.41, 5.74) is 2.56. The Hall–Kier alpha value is -3.60. The van der Waals surface area contributed by atoms with Crippen LogP contribution in [0.3, 0.4) is 0 Å². The lowest BCUT2D eigenvalue weighted by Crippen LogP contribution is -2.31. The minimum atomic E-state index is -0.0337. The van der Waals surface area contributed by atoms with E-state index in [1.54, 1.807) is 0 Å². The number of rotatable bonds is 4. The molecule has 3 aromatic carbocycles. The summed E-state index contributed by atoms with van der Waals surface area (Å²) < 4.78 is 5.89. The van der Waals surface area contributed by atoms with E-state index in [2.05, 4.69) is 4.98 Å². The second-order valence-corrected chi connectivity index (χ2v) is 7.24. The summed E-state index contributed by atoms with van der Waals surface area (Å²) in [6.45, 7) is 0.727. The fraction of sp³-hybridized carbons (Fsp3) is 0.167. The van der Waals surface area contributed by atoms with Gasteiger partial charge in [-0.2, -0.15) is 0 Å². The summed E-state index contributed by atoms with van der Waals surface area (Å²) in [5, 5.41) is 0. The molecule has 2 heterocycles. The smallest absolute Gasteiger partial charge is 0.254 e. The van der Waals surface area contributed by atoms with E-state index in [9.17, 15) is 4.79 Å². The molecule has 1 aliphatic heterocycles. The summed E-state index contributed by atoms with van der Waals surface area (Å²) in [7, 11) is 0. The highest BCUT2D eigenvalue weighted by Gasteiger charge is 2.32. The number of hydrogen-bond acceptors (Lipinski definition) is 3. The number of likely N-dealkylation sites (tertiary alicyclic amines) is 1. The van der Waals surface area contributed by atoms with Crippen molar-refractivity contribution in [1.82, 2.24) is 14.9 Å². The van der Waals surface area contributed by atoms with Gasteiger partial charge in [-0.3, -0.25) is 4.79 Å². The highest BCUT2D eigenvalue weighted by Crippen LogP contribution is 2.33. The molecule has 29 heavy (non-hydrogen) atoms. The number of nitrogens with one attached hydrogen (secondary N) is 1. The molecule has 1 N–H and O–H groups in total. The second-order valence-electron chi connectivity index (χ2n) is 7.24. The normalized spacial score (nSPS) is 16.3. The van der Waals surface area contributed by atoms with Gasteiger partial charge in [-0.25, -0.2) is 4.98 Å². The number of amides is 1. The lowest BCUT2D eigenvalue weighted by Gasteiger charge is -2.23. The van der Waals surface area contributed by atoms with E-state index in [4.69, 9.17) is 9.72 Å². The number of aromatic nitrogens is 2. The van der Waals surface area contributed by atoms with Crippen molar-refractivity contribution in [2.24, 2.45) is 0 Å². The molecule has 1 atom stereocenters. The molecule has 0 radical (unpaired) electrons. The first-order valence-corrected chi connectivity index (χ1v) is 9.86. The first-order valence-electron chi connectivity index (χ1n) is 9.86. The summed E-state index contributed by atoms with van der Waals surface area (Å²) in [4.78, 5) is 23.3. The molecule has 5 rings (SSSR count). The van der Waals surface area contributed by atoms with E-state index in [1.807, 2.05) is 83.8 Å². The van der Waals surface area contributed by atoms with Crippen LogP contribution in [0.2, 0.25) is 0 Å². The van der Waals surface area contributed by atoms with Crippen LogP contribution in [0.4, 0.5) is 0 Å². The topological polar surface area (TPSA) is 58.2 Å². The quantitative estimate of drug-likeness (QED) is 0.518. The fourth-order valence-electron chi connectivity index (χ4n) is 3.91. The van der Waals surface area contributed by atoms with Crippen LogP contribution in [0.15, 0.2) is 78.9 Å². The lowest BCUT2D eigenvalue weighted by atomic mass is 10.1. The summed E-state index contributed by atoms with van der Waals surface area (Å²) in [5.74, 6) is 2.26. The average molecular weight is 383 g/mol. The van der Waals surface area contributed by atoms with Gasteiger partial charge in [0, 0.05) is 12.1 Å². The van der Waals surface area contributed by atoms with Crippen molar-refractivity contribution in [3.05, 3.63) is 90.3 Å². The highest BCUT2D eigenvalue weighted by atomic mass is 16.5. The van der Waals surface area contributed by atoms with Crippen LogP contribution in [0.5, 0.6) is 11.5 Å². The van der Waals surface area contributed by atoms with Gasteiger partial charge in [0.25, 0.3) is 5.91 Å². The van der Waals surface area contributed by atoms with E-state index >= 15 is 0 Å². The van der Waals surface area contributed by atoms with Crippen molar-refractivity contribution in [2.45, 2.75) is 18.9 Å². The van der Waals surface area contributed by atoms with Gasteiger partial charge in [-0.05, 0) is 55.3 Å². The number of benzene rings is 3. The van der Waals surface area contributed by atoms with Gasteiger partial charge in [0.2, 0.25) is 0 Å². The van der Waals surface area contributed by atoms with Gasteiger partial charge >= 0.3 is 0 Å². The third-order valence-electron chi connectivity index (χ3n) is 5.30. The number of para-hydroxylation sites is 3. The summed E-state index contributed by atoms with van der Waals surface area (Å²) >= 11 is 0. The molecule has 4 aromatic rings. The molecule has 1 fully saturated rings. The number of H-pyrrole nitrogens is 1. The Morgan fingerprint density at radius 3 is 2.62 bits per heavy atom. The Bertz CT molecular complexity index is 1120. The number of hydrogen-bond donors (Lipinski definition) is 1. The molecule has 1 saturated heterocycles. The minimum absolute atomic E-state index is 0.00599. The van der Waals surface area contributed by atoms with Gasteiger partial charge in [0.05, 0.1) is 17.1 Å². The Balaban J connectivity index is 1.40. The van der Waals surface area contributed by atoms with E-state index in [0.717, 1.165) is 42.0 Å². The van der Waals surface area contributed by atoms with Gasteiger partial charge in [0.15, 0.2) is 0 Å². The first-order chi connectivity index (χ1) is 14.3. The molecular weight excluding hydrogens is 362 g/mol. The van der Waals surface area contributed by atoms with Crippen LogP contribution in [0.25, 0.3) is 11.0 Å². The second kappa shape index (κ2) is 7.43. The third-order valence-corrected chi connectivity index (χ3v) is 5.30. The van der Waals surface area contributed by atoms with Crippen LogP contribution in [-0.2, 0) is 0 Å². The average Bonchev–Trinajstić information content (AvgIpc) is 3.41. The third kappa shape index (κ3) is 3.47. The maximum Gasteiger partial charge on any atom is 0.254 e. The van der Waals surface area contributed by atoms with Crippen molar-refractivity contribution in [3.8, 4) is 11.5 Å². The molecule has 0 spiro atoms. The number of aromatic amines is 1. The fourth-order valence-corrected chi connectivity index (χ4v) is 3.91. The largest absolute Gasteiger partial charge is 0.457 e. The van der Waals surface area contributed by atoms with E-state index in [1.165, 1.54) is 0 Å². The van der Waals surface area contributed by atoms with E-state index in [-0.39, 0.29) is 11.9 Å². The maximum atomic E-state index is 13.3. The number of fused-ring (bicyclic) bond motifs is 1. The zero-order valence-electron chi connectivity index (χ0n) is 15.9. The lowest BCUT2D eigenvalue weighted by molar-refractivity contribution is 0.0730. The zero-order chi connectivity index (χ0) is 19.6. The number of nitrogens with zero attached hydrogens (tertiary/aromatic N) is 2. The van der Waals surface area contributed by atoms with Gasteiger partial charge in [-0.15, -0.1) is 0 Å². The molecule has 5 heteroatoms. The monoisotopic (exact) mass is 383 g/mol. The van der Waals surface area contributed by atoms with Crippen LogP contribution in [-0.4, -0.2) is 27.3 Å². The molecule has 1 aliphatic rings. The Labute approximate surface area is 169 Å². The molecular formula is C24H21N3O2. The molecule has 144 valence electrons. The van der Waals surface area contributed by atoms with Crippen molar-refractivity contribution < 1.29 is 9.53 Å². The summed E-state index contributed by atoms with van der Waals surface area (Å²) in [6.07, 6.45) is 1.87. The van der Waals surface area contributed by atoms with E-state index in [0.29, 0.717) is 11.3 Å². The SMILES string of the molecule is O=C(c1cccc(Oc2ccccc2)c1)N1CCCC1c1nc2ccccc2[nH]1. The van der Waals surface area contributed by atoms with Crippen LogP contribution < -0.4 is 4.74 Å². The van der Waals surface area contributed by atoms with Crippen LogP contribution in [0.1, 0.15) is 35.1 Å². The predicted molar refractivity (Wildman–Crippen MR) is 112 cm³/mol. The number of imidazole rings is 1. The van der Waals surface area contributed by atoms with Crippen LogP contribution in [0, 0.1) is 0 Å². The molecule has 0 saturated carbocycles. The maximum absolute atomic E-state index is 13.3. The number of carbonyl (C=O) groups excluding carboxylic acids is 1. The Kier molecular flexibility index (Phi) is 4.48. The Morgan fingerprint density at radius 2 is 1.76 bits per heavy atom. The summed E-state index contributed by atoms with van der Waals surface area (Å²) in [6, 6.07) is 24.9.